The molecular formula is C13H15NO5S2. The van der Waals surface area contributed by atoms with E-state index >= 15 is 0 Å². The van der Waals surface area contributed by atoms with E-state index in [1.54, 1.807) is 19.3 Å². The molecule has 0 spiro atoms. The summed E-state index contributed by atoms with van der Waals surface area (Å²) in [7, 11) is -3.69. The van der Waals surface area contributed by atoms with Crippen LogP contribution in [0, 0.1) is 0 Å². The number of thiophene rings is 1. The largest absolute Gasteiger partial charge is 0.477 e. The highest BCUT2D eigenvalue weighted by Gasteiger charge is 2.21. The number of hydrogen-bond acceptors (Lipinski definition) is 5. The van der Waals surface area contributed by atoms with E-state index in [1.807, 2.05) is 6.07 Å². The molecule has 21 heavy (non-hydrogen) atoms. The minimum atomic E-state index is -3.69. The van der Waals surface area contributed by atoms with Crippen molar-refractivity contribution in [2.24, 2.45) is 0 Å². The third kappa shape index (κ3) is 4.16. The zero-order valence-corrected chi connectivity index (χ0v) is 12.9. The molecular weight excluding hydrogens is 314 g/mol. The first-order chi connectivity index (χ1) is 9.88. The van der Waals surface area contributed by atoms with Gasteiger partial charge in [-0.3, -0.25) is 0 Å². The fraction of sp³-hybridized carbons (Fsp3) is 0.308. The minimum absolute atomic E-state index is 0.00128. The van der Waals surface area contributed by atoms with Crippen LogP contribution in [0.3, 0.4) is 0 Å². The Labute approximate surface area is 126 Å². The van der Waals surface area contributed by atoms with Gasteiger partial charge >= 0.3 is 5.97 Å². The van der Waals surface area contributed by atoms with E-state index in [9.17, 15) is 13.2 Å². The van der Waals surface area contributed by atoms with Gasteiger partial charge in [0.05, 0.1) is 6.26 Å². The second-order valence-corrected chi connectivity index (χ2v) is 7.59. The molecule has 0 bridgehead atoms. The van der Waals surface area contributed by atoms with E-state index < -0.39 is 16.0 Å². The average Bonchev–Trinajstić information content (AvgIpc) is 3.07. The summed E-state index contributed by atoms with van der Waals surface area (Å²) in [4.78, 5) is 10.8. The first-order valence-electron chi connectivity index (χ1n) is 6.26. The molecule has 0 fully saturated rings. The van der Waals surface area contributed by atoms with Crippen LogP contribution in [0.1, 0.15) is 28.8 Å². The Balaban J connectivity index is 1.97. The molecule has 0 aliphatic heterocycles. The molecule has 2 aromatic rings. The summed E-state index contributed by atoms with van der Waals surface area (Å²) >= 11 is 0.737. The van der Waals surface area contributed by atoms with E-state index in [0.717, 1.165) is 17.1 Å². The summed E-state index contributed by atoms with van der Waals surface area (Å²) in [6, 6.07) is 5.92. The fourth-order valence-electron chi connectivity index (χ4n) is 1.77. The molecule has 114 valence electrons. The molecule has 0 aliphatic rings. The third-order valence-corrected chi connectivity index (χ3v) is 5.97. The topological polar surface area (TPSA) is 96.6 Å². The van der Waals surface area contributed by atoms with Gasteiger partial charge in [-0.25, -0.2) is 17.9 Å². The van der Waals surface area contributed by atoms with Gasteiger partial charge in [-0.1, -0.05) is 0 Å². The normalized spacial score (nSPS) is 13.2. The van der Waals surface area contributed by atoms with Crippen molar-refractivity contribution < 1.29 is 22.7 Å². The van der Waals surface area contributed by atoms with Crippen LogP contribution < -0.4 is 4.72 Å². The first kappa shape index (κ1) is 15.7. The Morgan fingerprint density at radius 3 is 2.76 bits per heavy atom. The Morgan fingerprint density at radius 1 is 1.43 bits per heavy atom. The summed E-state index contributed by atoms with van der Waals surface area (Å²) in [5.41, 5.74) is 0. The highest BCUT2D eigenvalue weighted by atomic mass is 32.2. The quantitative estimate of drug-likeness (QED) is 0.812. The van der Waals surface area contributed by atoms with Gasteiger partial charge in [0.15, 0.2) is 0 Å². The highest BCUT2D eigenvalue weighted by molar-refractivity contribution is 7.91. The summed E-state index contributed by atoms with van der Waals surface area (Å²) in [6.45, 7) is 1.76. The smallest absolute Gasteiger partial charge is 0.345 e. The molecule has 1 unspecified atom stereocenters. The summed E-state index contributed by atoms with van der Waals surface area (Å²) in [5, 5.41) is 8.82. The molecule has 1 atom stereocenters. The van der Waals surface area contributed by atoms with Crippen LogP contribution in [0.5, 0.6) is 0 Å². The predicted octanol–water partition coefficient (Wildman–Crippen LogP) is 2.34. The maximum Gasteiger partial charge on any atom is 0.345 e. The molecule has 2 rings (SSSR count). The Hall–Kier alpha value is -1.64. The fourth-order valence-corrected chi connectivity index (χ4v) is 4.21. The van der Waals surface area contributed by atoms with Gasteiger partial charge in [-0.05, 0) is 37.6 Å². The third-order valence-electron chi connectivity index (χ3n) is 2.82. The second kappa shape index (κ2) is 6.42. The van der Waals surface area contributed by atoms with Crippen molar-refractivity contribution >= 4 is 27.3 Å². The Morgan fingerprint density at radius 2 is 2.19 bits per heavy atom. The first-order valence-corrected chi connectivity index (χ1v) is 8.56. The van der Waals surface area contributed by atoms with Crippen molar-refractivity contribution in [2.45, 2.75) is 30.0 Å². The van der Waals surface area contributed by atoms with Crippen molar-refractivity contribution in [1.82, 2.24) is 4.72 Å². The van der Waals surface area contributed by atoms with Crippen LogP contribution in [-0.4, -0.2) is 25.5 Å². The van der Waals surface area contributed by atoms with Gasteiger partial charge in [0.2, 0.25) is 10.0 Å². The molecule has 0 saturated heterocycles. The van der Waals surface area contributed by atoms with Crippen LogP contribution in [0.25, 0.3) is 0 Å². The number of nitrogens with one attached hydrogen (secondary N) is 1. The lowest BCUT2D eigenvalue weighted by Crippen LogP contribution is -2.32. The standard InChI is InChI=1S/C13H15NO5S2/c1-9(4-5-10-3-2-8-19-10)14-21(17,18)12-7-6-11(20-12)13(15)16/h2-3,6-9,14H,4-5H2,1H3,(H,15,16). The van der Waals surface area contributed by atoms with E-state index in [1.165, 1.54) is 12.1 Å². The molecule has 2 heterocycles. The number of carboxylic acids is 1. The lowest BCUT2D eigenvalue weighted by molar-refractivity contribution is 0.0702. The van der Waals surface area contributed by atoms with Gasteiger partial charge in [-0.2, -0.15) is 0 Å². The van der Waals surface area contributed by atoms with Crippen molar-refractivity contribution in [1.29, 1.82) is 0 Å². The molecule has 0 amide bonds. The van der Waals surface area contributed by atoms with Crippen molar-refractivity contribution in [3.05, 3.63) is 41.2 Å². The lowest BCUT2D eigenvalue weighted by atomic mass is 10.2. The molecule has 8 heteroatoms. The van der Waals surface area contributed by atoms with Crippen LogP contribution in [-0.2, 0) is 16.4 Å². The molecule has 2 aromatic heterocycles. The van der Waals surface area contributed by atoms with Crippen molar-refractivity contribution in [3.63, 3.8) is 0 Å². The number of hydrogen-bond donors (Lipinski definition) is 2. The Kier molecular flexibility index (Phi) is 4.81. The molecule has 0 aromatic carbocycles. The number of carboxylic acid groups (broad SMARTS) is 1. The zero-order valence-electron chi connectivity index (χ0n) is 11.3. The van der Waals surface area contributed by atoms with E-state index in [4.69, 9.17) is 9.52 Å². The number of rotatable bonds is 7. The van der Waals surface area contributed by atoms with Crippen LogP contribution in [0.15, 0.2) is 39.2 Å². The second-order valence-electron chi connectivity index (χ2n) is 4.56. The number of aromatic carboxylic acids is 1. The minimum Gasteiger partial charge on any atom is -0.477 e. The van der Waals surface area contributed by atoms with Crippen molar-refractivity contribution in [2.75, 3.05) is 0 Å². The lowest BCUT2D eigenvalue weighted by Gasteiger charge is -2.12. The summed E-state index contributed by atoms with van der Waals surface area (Å²) in [6.07, 6.45) is 2.79. The zero-order chi connectivity index (χ0) is 15.5. The molecule has 2 N–H and O–H groups in total. The van der Waals surface area contributed by atoms with Gasteiger partial charge in [0.1, 0.15) is 14.8 Å². The van der Waals surface area contributed by atoms with Gasteiger partial charge in [0, 0.05) is 12.5 Å². The maximum atomic E-state index is 12.1. The SMILES string of the molecule is CC(CCc1ccco1)NS(=O)(=O)c1ccc(C(=O)O)s1. The Bertz CT molecular complexity index is 703. The summed E-state index contributed by atoms with van der Waals surface area (Å²) in [5.74, 6) is -0.336. The van der Waals surface area contributed by atoms with Crippen LogP contribution in [0.4, 0.5) is 0 Å². The molecule has 0 radical (unpaired) electrons. The number of furan rings is 1. The number of sulfonamides is 1. The van der Waals surface area contributed by atoms with E-state index in [0.29, 0.717) is 12.8 Å². The maximum absolute atomic E-state index is 12.1. The predicted molar refractivity (Wildman–Crippen MR) is 78.1 cm³/mol. The number of carbonyl (C=O) groups is 1. The molecule has 6 nitrogen and oxygen atoms in total. The monoisotopic (exact) mass is 329 g/mol. The average molecular weight is 329 g/mol. The van der Waals surface area contributed by atoms with E-state index in [-0.39, 0.29) is 15.1 Å². The van der Waals surface area contributed by atoms with Gasteiger partial charge < -0.3 is 9.52 Å². The molecule has 0 saturated carbocycles. The molecule has 0 aliphatic carbocycles. The van der Waals surface area contributed by atoms with Crippen molar-refractivity contribution in [3.8, 4) is 0 Å². The highest BCUT2D eigenvalue weighted by Crippen LogP contribution is 2.22. The van der Waals surface area contributed by atoms with Gasteiger partial charge in [0.25, 0.3) is 0 Å². The van der Waals surface area contributed by atoms with Crippen LogP contribution >= 0.6 is 11.3 Å². The summed E-state index contributed by atoms with van der Waals surface area (Å²) < 4.78 is 32.0. The van der Waals surface area contributed by atoms with E-state index in [2.05, 4.69) is 4.72 Å². The van der Waals surface area contributed by atoms with Gasteiger partial charge in [-0.15, -0.1) is 11.3 Å². The van der Waals surface area contributed by atoms with Crippen LogP contribution in [0.2, 0.25) is 0 Å². The number of aryl methyl sites for hydroxylation is 1.